The summed E-state index contributed by atoms with van der Waals surface area (Å²) in [7, 11) is 0. The van der Waals surface area contributed by atoms with Gasteiger partial charge in [-0.15, -0.1) is 0 Å². The van der Waals surface area contributed by atoms with Crippen molar-refractivity contribution >= 4 is 21.6 Å². The molecular formula is C8H8BrNO3. The van der Waals surface area contributed by atoms with Gasteiger partial charge in [0.1, 0.15) is 0 Å². The second-order valence-corrected chi connectivity index (χ2v) is 3.39. The van der Waals surface area contributed by atoms with E-state index < -0.39 is 4.92 Å². The van der Waals surface area contributed by atoms with Crippen molar-refractivity contribution in [1.82, 2.24) is 0 Å². The molecule has 0 saturated heterocycles. The number of hydrogen-bond acceptors (Lipinski definition) is 3. The van der Waals surface area contributed by atoms with E-state index in [1.807, 2.05) is 0 Å². The van der Waals surface area contributed by atoms with E-state index in [2.05, 4.69) is 15.9 Å². The fraction of sp³-hybridized carbons (Fsp3) is 0.250. The second kappa shape index (κ2) is 3.85. The lowest BCUT2D eigenvalue weighted by atomic mass is 10.1. The van der Waals surface area contributed by atoms with Gasteiger partial charge in [0.25, 0.3) is 5.69 Å². The molecule has 0 aromatic heterocycles. The van der Waals surface area contributed by atoms with Crippen LogP contribution in [0.4, 0.5) is 5.69 Å². The molecule has 13 heavy (non-hydrogen) atoms. The van der Waals surface area contributed by atoms with Gasteiger partial charge >= 0.3 is 0 Å². The molecule has 0 aliphatic carbocycles. The molecule has 1 aromatic carbocycles. The number of hydrogen-bond donors (Lipinski definition) is 1. The quantitative estimate of drug-likeness (QED) is 0.642. The number of halogens is 1. The van der Waals surface area contributed by atoms with Crippen LogP contribution < -0.4 is 0 Å². The Morgan fingerprint density at radius 1 is 1.62 bits per heavy atom. The highest BCUT2D eigenvalue weighted by Crippen LogP contribution is 2.30. The summed E-state index contributed by atoms with van der Waals surface area (Å²) in [6, 6.07) is 2.93. The summed E-state index contributed by atoms with van der Waals surface area (Å²) >= 11 is 3.12. The predicted molar refractivity (Wildman–Crippen MR) is 51.5 cm³/mol. The standard InChI is InChI=1S/C8H8BrNO3/c1-5-6(4-11)2-3-7(8(5)9)10(12)13/h2-3,11H,4H2,1H3. The van der Waals surface area contributed by atoms with E-state index in [0.717, 1.165) is 0 Å². The number of nitrogens with zero attached hydrogens (tertiary/aromatic N) is 1. The summed E-state index contributed by atoms with van der Waals surface area (Å²) in [5.74, 6) is 0. The summed E-state index contributed by atoms with van der Waals surface area (Å²) in [6.07, 6.45) is 0. The SMILES string of the molecule is Cc1c(CO)ccc([N+](=O)[O-])c1Br. The first kappa shape index (κ1) is 10.1. The first-order valence-corrected chi connectivity index (χ1v) is 4.40. The van der Waals surface area contributed by atoms with E-state index in [1.165, 1.54) is 6.07 Å². The third-order valence-corrected chi connectivity index (χ3v) is 2.85. The van der Waals surface area contributed by atoms with Gasteiger partial charge in [0.15, 0.2) is 0 Å². The van der Waals surface area contributed by atoms with Gasteiger partial charge in [0.05, 0.1) is 16.0 Å². The van der Waals surface area contributed by atoms with Crippen molar-refractivity contribution in [2.75, 3.05) is 0 Å². The molecule has 0 unspecified atom stereocenters. The van der Waals surface area contributed by atoms with Crippen LogP contribution in [-0.2, 0) is 6.61 Å². The van der Waals surface area contributed by atoms with Crippen LogP contribution in [0.25, 0.3) is 0 Å². The Kier molecular flexibility index (Phi) is 3.00. The monoisotopic (exact) mass is 245 g/mol. The van der Waals surface area contributed by atoms with Gasteiger partial charge in [-0.2, -0.15) is 0 Å². The molecule has 0 spiro atoms. The lowest BCUT2D eigenvalue weighted by molar-refractivity contribution is -0.385. The van der Waals surface area contributed by atoms with Gasteiger partial charge in [-0.05, 0) is 40.0 Å². The molecule has 0 aliphatic heterocycles. The largest absolute Gasteiger partial charge is 0.392 e. The molecule has 0 heterocycles. The summed E-state index contributed by atoms with van der Waals surface area (Å²) in [6.45, 7) is 1.62. The maximum absolute atomic E-state index is 10.5. The number of aliphatic hydroxyl groups is 1. The number of nitro groups is 1. The zero-order valence-electron chi connectivity index (χ0n) is 6.95. The molecule has 1 rings (SSSR count). The smallest absolute Gasteiger partial charge is 0.283 e. The van der Waals surface area contributed by atoms with Gasteiger partial charge in [-0.25, -0.2) is 0 Å². The van der Waals surface area contributed by atoms with E-state index in [0.29, 0.717) is 15.6 Å². The Hall–Kier alpha value is -0.940. The summed E-state index contributed by atoms with van der Waals surface area (Å²) in [5.41, 5.74) is 1.42. The van der Waals surface area contributed by atoms with Crippen molar-refractivity contribution in [1.29, 1.82) is 0 Å². The molecule has 0 amide bonds. The molecule has 0 aliphatic rings. The van der Waals surface area contributed by atoms with Crippen molar-refractivity contribution in [3.8, 4) is 0 Å². The van der Waals surface area contributed by atoms with Crippen LogP contribution in [0.15, 0.2) is 16.6 Å². The minimum Gasteiger partial charge on any atom is -0.392 e. The van der Waals surface area contributed by atoms with Gasteiger partial charge in [0.2, 0.25) is 0 Å². The topological polar surface area (TPSA) is 63.4 Å². The zero-order valence-corrected chi connectivity index (χ0v) is 8.54. The number of aliphatic hydroxyl groups excluding tert-OH is 1. The Balaban J connectivity index is 3.31. The highest BCUT2D eigenvalue weighted by molar-refractivity contribution is 9.10. The lowest BCUT2D eigenvalue weighted by Gasteiger charge is -2.04. The van der Waals surface area contributed by atoms with E-state index in [-0.39, 0.29) is 12.3 Å². The van der Waals surface area contributed by atoms with Crippen molar-refractivity contribution in [2.24, 2.45) is 0 Å². The molecule has 5 heteroatoms. The normalized spacial score (nSPS) is 10.1. The van der Waals surface area contributed by atoms with Crippen LogP contribution in [0.3, 0.4) is 0 Å². The Labute approximate surface area is 83.5 Å². The van der Waals surface area contributed by atoms with Crippen molar-refractivity contribution in [2.45, 2.75) is 13.5 Å². The molecule has 4 nitrogen and oxygen atoms in total. The van der Waals surface area contributed by atoms with Crippen molar-refractivity contribution in [3.05, 3.63) is 37.8 Å². The highest BCUT2D eigenvalue weighted by Gasteiger charge is 2.15. The number of rotatable bonds is 2. The molecule has 1 N–H and O–H groups in total. The van der Waals surface area contributed by atoms with E-state index in [9.17, 15) is 10.1 Å². The van der Waals surface area contributed by atoms with Crippen molar-refractivity contribution in [3.63, 3.8) is 0 Å². The molecule has 0 fully saturated rings. The van der Waals surface area contributed by atoms with Crippen LogP contribution in [0.1, 0.15) is 11.1 Å². The van der Waals surface area contributed by atoms with Crippen LogP contribution in [-0.4, -0.2) is 10.0 Å². The molecule has 0 saturated carbocycles. The zero-order chi connectivity index (χ0) is 10.0. The van der Waals surface area contributed by atoms with Crippen LogP contribution >= 0.6 is 15.9 Å². The highest BCUT2D eigenvalue weighted by atomic mass is 79.9. The minimum absolute atomic E-state index is 0.0229. The Bertz CT molecular complexity index is 351. The maximum Gasteiger partial charge on any atom is 0.283 e. The maximum atomic E-state index is 10.5. The fourth-order valence-electron chi connectivity index (χ4n) is 1.02. The number of benzene rings is 1. The molecule has 70 valence electrons. The second-order valence-electron chi connectivity index (χ2n) is 2.60. The van der Waals surface area contributed by atoms with E-state index >= 15 is 0 Å². The lowest BCUT2D eigenvalue weighted by Crippen LogP contribution is -1.95. The third-order valence-electron chi connectivity index (χ3n) is 1.85. The van der Waals surface area contributed by atoms with Crippen LogP contribution in [0.5, 0.6) is 0 Å². The third kappa shape index (κ3) is 1.87. The Morgan fingerprint density at radius 2 is 2.23 bits per heavy atom. The van der Waals surface area contributed by atoms with Gasteiger partial charge in [-0.1, -0.05) is 0 Å². The molecular weight excluding hydrogens is 238 g/mol. The fourth-order valence-corrected chi connectivity index (χ4v) is 1.55. The summed E-state index contributed by atoms with van der Waals surface area (Å²) < 4.78 is 0.434. The molecule has 0 atom stereocenters. The average molecular weight is 246 g/mol. The minimum atomic E-state index is -0.460. The summed E-state index contributed by atoms with van der Waals surface area (Å²) in [5, 5.41) is 19.4. The predicted octanol–water partition coefficient (Wildman–Crippen LogP) is 2.16. The molecule has 0 bridgehead atoms. The van der Waals surface area contributed by atoms with E-state index in [4.69, 9.17) is 5.11 Å². The van der Waals surface area contributed by atoms with Crippen LogP contribution in [0, 0.1) is 17.0 Å². The van der Waals surface area contributed by atoms with Gasteiger partial charge in [0, 0.05) is 6.07 Å². The first-order chi connectivity index (χ1) is 6.07. The van der Waals surface area contributed by atoms with Crippen molar-refractivity contribution < 1.29 is 10.0 Å². The molecule has 1 aromatic rings. The first-order valence-electron chi connectivity index (χ1n) is 3.61. The molecule has 0 radical (unpaired) electrons. The average Bonchev–Trinajstić information content (AvgIpc) is 2.09. The summed E-state index contributed by atoms with van der Waals surface area (Å²) in [4.78, 5) is 10.0. The number of nitro benzene ring substituents is 1. The van der Waals surface area contributed by atoms with Gasteiger partial charge in [-0.3, -0.25) is 10.1 Å². The van der Waals surface area contributed by atoms with Crippen LogP contribution in [0.2, 0.25) is 0 Å². The van der Waals surface area contributed by atoms with Gasteiger partial charge < -0.3 is 5.11 Å². The van der Waals surface area contributed by atoms with E-state index in [1.54, 1.807) is 13.0 Å². The Morgan fingerprint density at radius 3 is 2.69 bits per heavy atom.